The lowest BCUT2D eigenvalue weighted by Crippen LogP contribution is -2.25. The van der Waals surface area contributed by atoms with Crippen LogP contribution in [0.4, 0.5) is 0 Å². The highest BCUT2D eigenvalue weighted by Gasteiger charge is 2.17. The average Bonchev–Trinajstić information content (AvgIpc) is 2.84. The van der Waals surface area contributed by atoms with Crippen LogP contribution in [0.15, 0.2) is 41.6 Å². The minimum atomic E-state index is -3.68. The highest BCUT2D eigenvalue weighted by Crippen LogP contribution is 2.09. The Kier molecular flexibility index (Phi) is 3.86. The van der Waals surface area contributed by atoms with Crippen molar-refractivity contribution in [1.82, 2.24) is 14.5 Å². The van der Waals surface area contributed by atoms with Gasteiger partial charge in [-0.15, -0.1) is 0 Å². The molecule has 0 unspecified atom stereocenters. The van der Waals surface area contributed by atoms with Crippen LogP contribution in [0, 0.1) is 0 Å². The summed E-state index contributed by atoms with van der Waals surface area (Å²) in [6.45, 7) is 0.00856. The van der Waals surface area contributed by atoms with Gasteiger partial charge in [-0.1, -0.05) is 12.1 Å². The number of aromatic nitrogens is 2. The summed E-state index contributed by atoms with van der Waals surface area (Å²) in [6.07, 6.45) is 1.39. The maximum Gasteiger partial charge on any atom is 0.335 e. The van der Waals surface area contributed by atoms with E-state index < -0.39 is 16.0 Å². The molecule has 0 saturated heterocycles. The Morgan fingerprint density at radius 1 is 1.40 bits per heavy atom. The summed E-state index contributed by atoms with van der Waals surface area (Å²) in [4.78, 5) is 10.8. The van der Waals surface area contributed by atoms with Crippen molar-refractivity contribution in [2.45, 2.75) is 11.6 Å². The molecule has 1 heterocycles. The van der Waals surface area contributed by atoms with E-state index in [0.29, 0.717) is 5.56 Å². The van der Waals surface area contributed by atoms with Gasteiger partial charge in [0.05, 0.1) is 11.8 Å². The van der Waals surface area contributed by atoms with Crippen molar-refractivity contribution < 1.29 is 18.3 Å². The van der Waals surface area contributed by atoms with Gasteiger partial charge in [0.1, 0.15) is 0 Å². The molecule has 0 spiro atoms. The van der Waals surface area contributed by atoms with Crippen molar-refractivity contribution in [2.75, 3.05) is 0 Å². The summed E-state index contributed by atoms with van der Waals surface area (Å²) < 4.78 is 27.7. The van der Waals surface area contributed by atoms with E-state index in [9.17, 15) is 13.2 Å². The molecule has 8 heteroatoms. The van der Waals surface area contributed by atoms with Gasteiger partial charge in [-0.2, -0.15) is 5.10 Å². The average molecular weight is 295 g/mol. The number of hydrogen-bond acceptors (Lipinski definition) is 4. The molecule has 0 fully saturated rings. The maximum atomic E-state index is 12.0. The second-order valence-corrected chi connectivity index (χ2v) is 5.84. The van der Waals surface area contributed by atoms with Crippen LogP contribution in [-0.4, -0.2) is 29.3 Å². The van der Waals surface area contributed by atoms with Gasteiger partial charge in [0, 0.05) is 13.6 Å². The summed E-state index contributed by atoms with van der Waals surface area (Å²) in [6, 6.07) is 7.47. The third-order valence-corrected chi connectivity index (χ3v) is 4.17. The molecule has 1 aromatic carbocycles. The predicted octanol–water partition coefficient (Wildman–Crippen LogP) is 0.597. The van der Waals surface area contributed by atoms with Crippen LogP contribution in [0.2, 0.25) is 0 Å². The number of aryl methyl sites for hydroxylation is 1. The first-order chi connectivity index (χ1) is 9.40. The number of aromatic carboxylic acids is 1. The number of carboxylic acid groups (broad SMARTS) is 1. The minimum absolute atomic E-state index is 0.00856. The molecule has 20 heavy (non-hydrogen) atoms. The number of hydrogen-bond donors (Lipinski definition) is 2. The van der Waals surface area contributed by atoms with Gasteiger partial charge >= 0.3 is 5.97 Å². The van der Waals surface area contributed by atoms with Gasteiger partial charge in [-0.3, -0.25) is 4.68 Å². The SMILES string of the molecule is Cn1nccc1S(=O)(=O)NCc1cccc(C(=O)O)c1. The quantitative estimate of drug-likeness (QED) is 0.841. The molecular formula is C12H13N3O4S. The van der Waals surface area contributed by atoms with Gasteiger partial charge in [0.2, 0.25) is 0 Å². The van der Waals surface area contributed by atoms with Gasteiger partial charge in [0.25, 0.3) is 10.0 Å². The zero-order chi connectivity index (χ0) is 14.8. The number of carboxylic acids is 1. The Morgan fingerprint density at radius 3 is 2.75 bits per heavy atom. The fourth-order valence-electron chi connectivity index (χ4n) is 1.69. The predicted molar refractivity (Wildman–Crippen MR) is 70.6 cm³/mol. The number of benzene rings is 1. The summed E-state index contributed by atoms with van der Waals surface area (Å²) in [7, 11) is -2.15. The minimum Gasteiger partial charge on any atom is -0.478 e. The molecule has 7 nitrogen and oxygen atoms in total. The molecule has 0 saturated carbocycles. The number of rotatable bonds is 5. The zero-order valence-electron chi connectivity index (χ0n) is 10.6. The van der Waals surface area contributed by atoms with E-state index in [1.165, 1.54) is 36.1 Å². The summed E-state index contributed by atoms with van der Waals surface area (Å²) in [5.74, 6) is -1.05. The Morgan fingerprint density at radius 2 is 2.15 bits per heavy atom. The van der Waals surface area contributed by atoms with Gasteiger partial charge in [-0.25, -0.2) is 17.9 Å². The lowest BCUT2D eigenvalue weighted by atomic mass is 10.1. The van der Waals surface area contributed by atoms with E-state index in [2.05, 4.69) is 9.82 Å². The monoisotopic (exact) mass is 295 g/mol. The molecule has 0 atom stereocenters. The summed E-state index contributed by atoms with van der Waals surface area (Å²) in [5.41, 5.74) is 0.679. The first kappa shape index (κ1) is 14.2. The van der Waals surface area contributed by atoms with Crippen LogP contribution in [0.1, 0.15) is 15.9 Å². The smallest absolute Gasteiger partial charge is 0.335 e. The fraction of sp³-hybridized carbons (Fsp3) is 0.167. The van der Waals surface area contributed by atoms with E-state index in [4.69, 9.17) is 5.11 Å². The Labute approximate surface area is 115 Å². The summed E-state index contributed by atoms with van der Waals surface area (Å²) in [5, 5.41) is 12.7. The van der Waals surface area contributed by atoms with Crippen molar-refractivity contribution >= 4 is 16.0 Å². The molecule has 2 rings (SSSR count). The Hall–Kier alpha value is -2.19. The summed E-state index contributed by atoms with van der Waals surface area (Å²) >= 11 is 0. The third kappa shape index (κ3) is 3.03. The highest BCUT2D eigenvalue weighted by molar-refractivity contribution is 7.89. The Balaban J connectivity index is 2.15. The molecule has 2 N–H and O–H groups in total. The van der Waals surface area contributed by atoms with Crippen LogP contribution in [0.3, 0.4) is 0 Å². The van der Waals surface area contributed by atoms with Crippen LogP contribution in [0.25, 0.3) is 0 Å². The molecule has 2 aromatic rings. The van der Waals surface area contributed by atoms with Gasteiger partial charge < -0.3 is 5.11 Å². The molecule has 0 aliphatic carbocycles. The van der Waals surface area contributed by atoms with Crippen molar-refractivity contribution in [2.24, 2.45) is 7.05 Å². The van der Waals surface area contributed by atoms with E-state index in [0.717, 1.165) is 0 Å². The molecule has 106 valence electrons. The largest absolute Gasteiger partial charge is 0.478 e. The normalized spacial score (nSPS) is 11.4. The van der Waals surface area contributed by atoms with Crippen LogP contribution in [0.5, 0.6) is 0 Å². The topological polar surface area (TPSA) is 101 Å². The first-order valence-electron chi connectivity index (χ1n) is 5.70. The molecule has 0 aliphatic heterocycles. The second kappa shape index (κ2) is 5.43. The van der Waals surface area contributed by atoms with Crippen molar-refractivity contribution in [1.29, 1.82) is 0 Å². The lowest BCUT2D eigenvalue weighted by Gasteiger charge is -2.07. The number of sulfonamides is 1. The molecule has 0 radical (unpaired) electrons. The van der Waals surface area contributed by atoms with Gasteiger partial charge in [-0.05, 0) is 23.8 Å². The molecule has 1 aromatic heterocycles. The molecular weight excluding hydrogens is 282 g/mol. The maximum absolute atomic E-state index is 12.0. The molecule has 0 aliphatic rings. The third-order valence-electron chi connectivity index (χ3n) is 2.69. The Bertz CT molecular complexity index is 737. The fourth-order valence-corrected chi connectivity index (χ4v) is 2.83. The number of carbonyl (C=O) groups is 1. The number of nitrogens with one attached hydrogen (secondary N) is 1. The molecule has 0 bridgehead atoms. The lowest BCUT2D eigenvalue weighted by molar-refractivity contribution is 0.0696. The standard InChI is InChI=1S/C12H13N3O4S/c1-15-11(5-6-13-15)20(18,19)14-8-9-3-2-4-10(7-9)12(16)17/h2-7,14H,8H2,1H3,(H,16,17). The van der Waals surface area contributed by atoms with Crippen molar-refractivity contribution in [3.05, 3.63) is 47.7 Å². The van der Waals surface area contributed by atoms with Crippen LogP contribution in [-0.2, 0) is 23.6 Å². The number of nitrogens with zero attached hydrogens (tertiary/aromatic N) is 2. The van der Waals surface area contributed by atoms with E-state index in [1.807, 2.05) is 0 Å². The van der Waals surface area contributed by atoms with Crippen molar-refractivity contribution in [3.63, 3.8) is 0 Å². The van der Waals surface area contributed by atoms with Crippen LogP contribution >= 0.6 is 0 Å². The van der Waals surface area contributed by atoms with E-state index >= 15 is 0 Å². The van der Waals surface area contributed by atoms with Gasteiger partial charge in [0.15, 0.2) is 5.03 Å². The van der Waals surface area contributed by atoms with Crippen molar-refractivity contribution in [3.8, 4) is 0 Å². The van der Waals surface area contributed by atoms with Crippen LogP contribution < -0.4 is 4.72 Å². The molecule has 0 amide bonds. The van der Waals surface area contributed by atoms with E-state index in [-0.39, 0.29) is 17.1 Å². The highest BCUT2D eigenvalue weighted by atomic mass is 32.2. The first-order valence-corrected chi connectivity index (χ1v) is 7.18. The second-order valence-electron chi connectivity index (χ2n) is 4.12. The zero-order valence-corrected chi connectivity index (χ0v) is 11.5. The van der Waals surface area contributed by atoms with E-state index in [1.54, 1.807) is 12.1 Å².